The van der Waals surface area contributed by atoms with Crippen LogP contribution in [0.3, 0.4) is 0 Å². The van der Waals surface area contributed by atoms with Crippen LogP contribution < -0.4 is 4.74 Å². The molecule has 1 aromatic heterocycles. The second-order valence-corrected chi connectivity index (χ2v) is 2.06. The lowest BCUT2D eigenvalue weighted by atomic mass is 10.5. The molecule has 1 aromatic rings. The van der Waals surface area contributed by atoms with Crippen LogP contribution in [0.15, 0.2) is 12.4 Å². The Morgan fingerprint density at radius 3 is 2.54 bits per heavy atom. The van der Waals surface area contributed by atoms with Gasteiger partial charge < -0.3 is 4.74 Å². The zero-order valence-corrected chi connectivity index (χ0v) is 6.44. The summed E-state index contributed by atoms with van der Waals surface area (Å²) in [6.45, 7) is -0.699. The molecule has 0 radical (unpaired) electrons. The summed E-state index contributed by atoms with van der Waals surface area (Å²) < 4.78 is 27.9. The Balaban J connectivity index is 2.55. The minimum atomic E-state index is -2.53. The Bertz CT molecular complexity index is 307. The largest absolute Gasteiger partial charge is 0.484 e. The van der Waals surface area contributed by atoms with Crippen molar-refractivity contribution >= 4 is 0 Å². The van der Waals surface area contributed by atoms with Gasteiger partial charge in [0.15, 0.2) is 5.75 Å². The predicted molar refractivity (Wildman–Crippen MR) is 38.2 cm³/mol. The van der Waals surface area contributed by atoms with Crippen LogP contribution in [0.2, 0.25) is 0 Å². The van der Waals surface area contributed by atoms with E-state index in [0.717, 1.165) is 0 Å². The third-order valence-electron chi connectivity index (χ3n) is 1.10. The van der Waals surface area contributed by atoms with E-state index >= 15 is 0 Å². The Kier molecular flexibility index (Phi) is 3.09. The highest BCUT2D eigenvalue weighted by atomic mass is 19.3. The smallest absolute Gasteiger partial charge is 0.272 e. The van der Waals surface area contributed by atoms with Gasteiger partial charge in [-0.2, -0.15) is 5.26 Å². The second-order valence-electron chi connectivity index (χ2n) is 2.06. The van der Waals surface area contributed by atoms with Gasteiger partial charge in [0.1, 0.15) is 12.7 Å². The van der Waals surface area contributed by atoms with Gasteiger partial charge in [-0.1, -0.05) is 0 Å². The molecular formula is C7H5F2N3O. The number of nitrogens with zero attached hydrogens (tertiary/aromatic N) is 3. The number of halogens is 2. The predicted octanol–water partition coefficient (Wildman–Crippen LogP) is 0.992. The first-order valence-electron chi connectivity index (χ1n) is 3.35. The normalized spacial score (nSPS) is 9.69. The van der Waals surface area contributed by atoms with Gasteiger partial charge in [0.25, 0.3) is 6.43 Å². The lowest BCUT2D eigenvalue weighted by Crippen LogP contribution is -2.07. The van der Waals surface area contributed by atoms with Crippen molar-refractivity contribution in [3.05, 3.63) is 18.2 Å². The first-order chi connectivity index (χ1) is 6.22. The summed E-state index contributed by atoms with van der Waals surface area (Å²) in [4.78, 5) is 7.07. The van der Waals surface area contributed by atoms with Gasteiger partial charge in [0.2, 0.25) is 5.82 Å². The molecule has 0 saturated carbocycles. The molecule has 0 atom stereocenters. The molecule has 1 heterocycles. The molecule has 13 heavy (non-hydrogen) atoms. The van der Waals surface area contributed by atoms with Crippen LogP contribution in [0, 0.1) is 11.3 Å². The molecule has 0 aliphatic heterocycles. The maximum Gasteiger partial charge on any atom is 0.272 e. The van der Waals surface area contributed by atoms with Gasteiger partial charge in [-0.05, 0) is 0 Å². The lowest BCUT2D eigenvalue weighted by molar-refractivity contribution is 0.0815. The van der Waals surface area contributed by atoms with E-state index in [-0.39, 0.29) is 11.6 Å². The van der Waals surface area contributed by atoms with Crippen molar-refractivity contribution in [2.45, 2.75) is 6.43 Å². The number of nitriles is 1. The summed E-state index contributed by atoms with van der Waals surface area (Å²) in [7, 11) is 0. The molecule has 6 heteroatoms. The highest BCUT2D eigenvalue weighted by molar-refractivity contribution is 5.17. The number of hydrogen-bond acceptors (Lipinski definition) is 4. The zero-order valence-electron chi connectivity index (χ0n) is 6.44. The summed E-state index contributed by atoms with van der Waals surface area (Å²) in [5, 5.41) is 8.31. The Morgan fingerprint density at radius 2 is 2.08 bits per heavy atom. The molecular weight excluding hydrogens is 180 g/mol. The molecule has 0 amide bonds. The van der Waals surface area contributed by atoms with E-state index in [1.165, 1.54) is 12.4 Å². The molecule has 0 N–H and O–H groups in total. The molecule has 0 spiro atoms. The van der Waals surface area contributed by atoms with Crippen LogP contribution in [0.4, 0.5) is 8.78 Å². The number of rotatable bonds is 3. The van der Waals surface area contributed by atoms with Crippen molar-refractivity contribution in [2.24, 2.45) is 0 Å². The zero-order chi connectivity index (χ0) is 9.68. The SMILES string of the molecule is N#Cc1ncc(OCC(F)F)cn1. The third kappa shape index (κ3) is 2.99. The summed E-state index contributed by atoms with van der Waals surface area (Å²) in [5.41, 5.74) is 0. The maximum absolute atomic E-state index is 11.6. The van der Waals surface area contributed by atoms with Crippen LogP contribution in [0.1, 0.15) is 5.82 Å². The summed E-state index contributed by atoms with van der Waals surface area (Å²) in [5.74, 6) is 0.101. The molecule has 0 fully saturated rings. The van der Waals surface area contributed by atoms with E-state index in [4.69, 9.17) is 5.26 Å². The molecule has 0 saturated heterocycles. The Hall–Kier alpha value is -1.77. The first-order valence-corrected chi connectivity index (χ1v) is 3.35. The number of aromatic nitrogens is 2. The van der Waals surface area contributed by atoms with Crippen molar-refractivity contribution in [2.75, 3.05) is 6.61 Å². The topological polar surface area (TPSA) is 58.8 Å². The lowest BCUT2D eigenvalue weighted by Gasteiger charge is -2.02. The van der Waals surface area contributed by atoms with Crippen molar-refractivity contribution in [3.8, 4) is 11.8 Å². The minimum absolute atomic E-state index is 0.0237. The van der Waals surface area contributed by atoms with Gasteiger partial charge in [-0.25, -0.2) is 18.7 Å². The summed E-state index contributed by atoms with van der Waals surface area (Å²) >= 11 is 0. The van der Waals surface area contributed by atoms with Crippen molar-refractivity contribution in [1.29, 1.82) is 5.26 Å². The highest BCUT2D eigenvalue weighted by Crippen LogP contribution is 2.07. The van der Waals surface area contributed by atoms with E-state index in [1.807, 2.05) is 0 Å². The fraction of sp³-hybridized carbons (Fsp3) is 0.286. The highest BCUT2D eigenvalue weighted by Gasteiger charge is 2.03. The number of ether oxygens (including phenoxy) is 1. The minimum Gasteiger partial charge on any atom is -0.484 e. The average Bonchev–Trinajstić information content (AvgIpc) is 2.15. The van der Waals surface area contributed by atoms with Gasteiger partial charge in [0, 0.05) is 0 Å². The molecule has 0 unspecified atom stereocenters. The monoisotopic (exact) mass is 185 g/mol. The van der Waals surface area contributed by atoms with Gasteiger partial charge in [-0.3, -0.25) is 0 Å². The van der Waals surface area contributed by atoms with Crippen molar-refractivity contribution < 1.29 is 13.5 Å². The number of hydrogen-bond donors (Lipinski definition) is 0. The standard InChI is InChI=1S/C7H5F2N3O/c8-6(9)4-13-5-2-11-7(1-10)12-3-5/h2-3,6H,4H2. The summed E-state index contributed by atoms with van der Waals surface area (Å²) in [6.07, 6.45) is -0.183. The Morgan fingerprint density at radius 1 is 1.46 bits per heavy atom. The van der Waals surface area contributed by atoms with E-state index in [2.05, 4.69) is 14.7 Å². The molecule has 68 valence electrons. The molecule has 0 aromatic carbocycles. The van der Waals surface area contributed by atoms with E-state index in [0.29, 0.717) is 0 Å². The summed E-state index contributed by atoms with van der Waals surface area (Å²) in [6, 6.07) is 1.69. The number of alkyl halides is 2. The quantitative estimate of drug-likeness (QED) is 0.704. The van der Waals surface area contributed by atoms with E-state index in [9.17, 15) is 8.78 Å². The van der Waals surface area contributed by atoms with E-state index < -0.39 is 13.0 Å². The third-order valence-corrected chi connectivity index (χ3v) is 1.10. The van der Waals surface area contributed by atoms with Gasteiger partial charge in [0.05, 0.1) is 12.4 Å². The van der Waals surface area contributed by atoms with Crippen LogP contribution in [0.25, 0.3) is 0 Å². The molecule has 0 bridgehead atoms. The van der Waals surface area contributed by atoms with Gasteiger partial charge in [-0.15, -0.1) is 0 Å². The van der Waals surface area contributed by atoms with Gasteiger partial charge >= 0.3 is 0 Å². The van der Waals surface area contributed by atoms with Crippen LogP contribution in [-0.2, 0) is 0 Å². The average molecular weight is 185 g/mol. The van der Waals surface area contributed by atoms with E-state index in [1.54, 1.807) is 6.07 Å². The molecule has 1 rings (SSSR count). The van der Waals surface area contributed by atoms with Crippen molar-refractivity contribution in [3.63, 3.8) is 0 Å². The fourth-order valence-electron chi connectivity index (χ4n) is 0.608. The van der Waals surface area contributed by atoms with Crippen LogP contribution in [-0.4, -0.2) is 23.0 Å². The molecule has 4 nitrogen and oxygen atoms in total. The maximum atomic E-state index is 11.6. The molecule has 0 aliphatic carbocycles. The van der Waals surface area contributed by atoms with Crippen molar-refractivity contribution in [1.82, 2.24) is 9.97 Å². The van der Waals surface area contributed by atoms with Crippen LogP contribution in [0.5, 0.6) is 5.75 Å². The second kappa shape index (κ2) is 4.30. The Labute approximate surface area is 72.8 Å². The fourth-order valence-corrected chi connectivity index (χ4v) is 0.608. The first kappa shape index (κ1) is 9.32. The van der Waals surface area contributed by atoms with Crippen LogP contribution >= 0.6 is 0 Å². The molecule has 0 aliphatic rings.